The Bertz CT molecular complexity index is 641. The summed E-state index contributed by atoms with van der Waals surface area (Å²) in [6, 6.07) is 7.05. The minimum absolute atomic E-state index is 0.207. The van der Waals surface area contributed by atoms with Crippen molar-refractivity contribution < 1.29 is 9.53 Å². The number of nitrogens with one attached hydrogen (secondary N) is 1. The van der Waals surface area contributed by atoms with Crippen molar-refractivity contribution in [2.24, 2.45) is 0 Å². The number of nitrogens with two attached hydrogens (primary N) is 1. The number of nitrogens with zero attached hydrogens (tertiary/aromatic N) is 1. The van der Waals surface area contributed by atoms with Gasteiger partial charge in [0.15, 0.2) is 5.75 Å². The molecule has 3 N–H and O–H groups in total. The van der Waals surface area contributed by atoms with Crippen molar-refractivity contribution in [2.45, 2.75) is 20.4 Å². The second-order valence-corrected chi connectivity index (χ2v) is 4.64. The van der Waals surface area contributed by atoms with Crippen LogP contribution in [-0.2, 0) is 6.54 Å². The highest BCUT2D eigenvalue weighted by molar-refractivity contribution is 5.98. The van der Waals surface area contributed by atoms with E-state index in [1.165, 1.54) is 0 Å². The number of para-hydroxylation sites is 1. The Balaban J connectivity index is 2.14. The van der Waals surface area contributed by atoms with E-state index in [9.17, 15) is 4.79 Å². The summed E-state index contributed by atoms with van der Waals surface area (Å²) < 4.78 is 5.47. The molecule has 1 aromatic heterocycles. The van der Waals surface area contributed by atoms with Crippen molar-refractivity contribution in [3.63, 3.8) is 0 Å². The van der Waals surface area contributed by atoms with E-state index in [0.29, 0.717) is 30.2 Å². The maximum absolute atomic E-state index is 12.3. The summed E-state index contributed by atoms with van der Waals surface area (Å²) in [5.41, 5.74) is 8.84. The van der Waals surface area contributed by atoms with Crippen molar-refractivity contribution in [1.29, 1.82) is 0 Å². The maximum Gasteiger partial charge on any atom is 0.255 e. The lowest BCUT2D eigenvalue weighted by molar-refractivity contribution is 0.0947. The molecule has 0 unspecified atom stereocenters. The number of pyridine rings is 1. The van der Waals surface area contributed by atoms with Crippen LogP contribution in [0.3, 0.4) is 0 Å². The first-order valence-electron chi connectivity index (χ1n) is 6.82. The molecule has 0 radical (unpaired) electrons. The van der Waals surface area contributed by atoms with Gasteiger partial charge in [-0.2, -0.15) is 0 Å². The number of carbonyl (C=O) groups is 1. The summed E-state index contributed by atoms with van der Waals surface area (Å²) in [7, 11) is 0. The molecule has 0 aliphatic heterocycles. The van der Waals surface area contributed by atoms with Crippen LogP contribution in [0.5, 0.6) is 5.75 Å². The van der Waals surface area contributed by atoms with Gasteiger partial charge in [0, 0.05) is 18.9 Å². The zero-order valence-electron chi connectivity index (χ0n) is 12.2. The third-order valence-corrected chi connectivity index (χ3v) is 3.15. The van der Waals surface area contributed by atoms with E-state index < -0.39 is 0 Å². The molecule has 2 aromatic rings. The number of amides is 1. The molecule has 21 heavy (non-hydrogen) atoms. The van der Waals surface area contributed by atoms with E-state index in [0.717, 1.165) is 11.1 Å². The molecule has 0 fully saturated rings. The number of nitrogen functional groups attached to an aromatic ring is 1. The zero-order chi connectivity index (χ0) is 15.2. The van der Waals surface area contributed by atoms with Crippen molar-refractivity contribution >= 4 is 11.6 Å². The number of hydrogen-bond donors (Lipinski definition) is 2. The van der Waals surface area contributed by atoms with E-state index in [4.69, 9.17) is 10.5 Å². The summed E-state index contributed by atoms with van der Waals surface area (Å²) in [6.07, 6.45) is 3.48. The number of hydrogen-bond acceptors (Lipinski definition) is 4. The fourth-order valence-electron chi connectivity index (χ4n) is 2.01. The summed E-state index contributed by atoms with van der Waals surface area (Å²) in [5.74, 6) is 0.228. The van der Waals surface area contributed by atoms with Gasteiger partial charge in [0.25, 0.3) is 5.91 Å². The number of anilines is 1. The van der Waals surface area contributed by atoms with E-state index in [1.54, 1.807) is 30.6 Å². The van der Waals surface area contributed by atoms with Gasteiger partial charge in [0.05, 0.1) is 17.9 Å². The Morgan fingerprint density at radius 3 is 2.90 bits per heavy atom. The first kappa shape index (κ1) is 14.8. The predicted molar refractivity (Wildman–Crippen MR) is 82.2 cm³/mol. The summed E-state index contributed by atoms with van der Waals surface area (Å²) in [5, 5.41) is 2.88. The van der Waals surface area contributed by atoms with E-state index in [-0.39, 0.29) is 5.91 Å². The van der Waals surface area contributed by atoms with Crippen molar-refractivity contribution in [3.8, 4) is 5.75 Å². The van der Waals surface area contributed by atoms with Crippen LogP contribution in [0.4, 0.5) is 5.69 Å². The molecule has 5 heteroatoms. The van der Waals surface area contributed by atoms with E-state index in [2.05, 4.69) is 10.3 Å². The van der Waals surface area contributed by atoms with Gasteiger partial charge in [-0.15, -0.1) is 0 Å². The predicted octanol–water partition coefficient (Wildman–Crippen LogP) is 2.30. The van der Waals surface area contributed by atoms with Crippen molar-refractivity contribution in [1.82, 2.24) is 10.3 Å². The zero-order valence-corrected chi connectivity index (χ0v) is 12.2. The normalized spacial score (nSPS) is 10.2. The molecule has 1 aromatic carbocycles. The van der Waals surface area contributed by atoms with Crippen LogP contribution in [0.2, 0.25) is 0 Å². The lowest BCUT2D eigenvalue weighted by Gasteiger charge is -2.13. The Morgan fingerprint density at radius 1 is 1.38 bits per heavy atom. The molecule has 0 spiro atoms. The van der Waals surface area contributed by atoms with E-state index >= 15 is 0 Å². The quantitative estimate of drug-likeness (QED) is 0.826. The van der Waals surface area contributed by atoms with Crippen LogP contribution >= 0.6 is 0 Å². The topological polar surface area (TPSA) is 77.2 Å². The van der Waals surface area contributed by atoms with E-state index in [1.807, 2.05) is 19.9 Å². The fraction of sp³-hybridized carbons (Fsp3) is 0.250. The van der Waals surface area contributed by atoms with Gasteiger partial charge in [0.1, 0.15) is 0 Å². The third kappa shape index (κ3) is 3.51. The Morgan fingerprint density at radius 2 is 2.19 bits per heavy atom. The number of benzene rings is 1. The number of rotatable bonds is 5. The van der Waals surface area contributed by atoms with Crippen LogP contribution in [0.1, 0.15) is 28.4 Å². The van der Waals surface area contributed by atoms with Gasteiger partial charge < -0.3 is 15.8 Å². The molecule has 1 amide bonds. The van der Waals surface area contributed by atoms with Gasteiger partial charge in [0.2, 0.25) is 0 Å². The summed E-state index contributed by atoms with van der Waals surface area (Å²) in [4.78, 5) is 16.3. The van der Waals surface area contributed by atoms with Crippen LogP contribution in [0.25, 0.3) is 0 Å². The third-order valence-electron chi connectivity index (χ3n) is 3.15. The fourth-order valence-corrected chi connectivity index (χ4v) is 2.01. The first-order valence-corrected chi connectivity index (χ1v) is 6.82. The average Bonchev–Trinajstić information content (AvgIpc) is 2.48. The first-order chi connectivity index (χ1) is 10.1. The molecule has 1 heterocycles. The maximum atomic E-state index is 12.3. The molecular weight excluding hydrogens is 266 g/mol. The van der Waals surface area contributed by atoms with Crippen molar-refractivity contribution in [3.05, 3.63) is 53.3 Å². The molecule has 0 bridgehead atoms. The summed E-state index contributed by atoms with van der Waals surface area (Å²) >= 11 is 0. The van der Waals surface area contributed by atoms with Gasteiger partial charge in [-0.25, -0.2) is 0 Å². The van der Waals surface area contributed by atoms with Crippen molar-refractivity contribution in [2.75, 3.05) is 12.3 Å². The second-order valence-electron chi connectivity index (χ2n) is 4.64. The lowest BCUT2D eigenvalue weighted by Crippen LogP contribution is -2.24. The van der Waals surface area contributed by atoms with Crippen LogP contribution in [0, 0.1) is 6.92 Å². The second kappa shape index (κ2) is 6.74. The molecule has 0 saturated carbocycles. The Labute approximate surface area is 124 Å². The minimum atomic E-state index is -0.207. The molecule has 5 nitrogen and oxygen atoms in total. The smallest absolute Gasteiger partial charge is 0.255 e. The SMILES string of the molecule is CCOc1c(N)cccc1C(=O)NCc1ccncc1C. The molecule has 0 saturated heterocycles. The van der Waals surface area contributed by atoms with Gasteiger partial charge in [-0.3, -0.25) is 9.78 Å². The van der Waals surface area contributed by atoms with Crippen LogP contribution in [-0.4, -0.2) is 17.5 Å². The average molecular weight is 285 g/mol. The number of aromatic nitrogens is 1. The van der Waals surface area contributed by atoms with Gasteiger partial charge >= 0.3 is 0 Å². The number of ether oxygens (including phenoxy) is 1. The monoisotopic (exact) mass is 285 g/mol. The lowest BCUT2D eigenvalue weighted by atomic mass is 10.1. The molecular formula is C16H19N3O2. The minimum Gasteiger partial charge on any atom is -0.491 e. The molecule has 0 atom stereocenters. The highest BCUT2D eigenvalue weighted by Gasteiger charge is 2.14. The van der Waals surface area contributed by atoms with Crippen LogP contribution < -0.4 is 15.8 Å². The molecule has 0 aliphatic carbocycles. The van der Waals surface area contributed by atoms with Crippen LogP contribution in [0.15, 0.2) is 36.7 Å². The molecule has 2 rings (SSSR count). The Kier molecular flexibility index (Phi) is 4.77. The highest BCUT2D eigenvalue weighted by Crippen LogP contribution is 2.26. The Hall–Kier alpha value is -2.56. The van der Waals surface area contributed by atoms with Gasteiger partial charge in [-0.1, -0.05) is 6.07 Å². The largest absolute Gasteiger partial charge is 0.491 e. The number of aryl methyl sites for hydroxylation is 1. The molecule has 110 valence electrons. The highest BCUT2D eigenvalue weighted by atomic mass is 16.5. The summed E-state index contributed by atoms with van der Waals surface area (Å²) in [6.45, 7) is 4.71. The standard InChI is InChI=1S/C16H19N3O2/c1-3-21-15-13(5-4-6-14(15)17)16(20)19-10-12-7-8-18-9-11(12)2/h4-9H,3,10,17H2,1-2H3,(H,19,20). The number of carbonyl (C=O) groups excluding carboxylic acids is 1. The van der Waals surface area contributed by atoms with Gasteiger partial charge in [-0.05, 0) is 43.2 Å². The molecule has 0 aliphatic rings.